The molecular weight excluding hydrogens is 355 g/mol. The van der Waals surface area contributed by atoms with E-state index < -0.39 is 31.1 Å². The second-order valence-corrected chi connectivity index (χ2v) is 7.16. The van der Waals surface area contributed by atoms with Crippen molar-refractivity contribution in [1.29, 1.82) is 0 Å². The van der Waals surface area contributed by atoms with Gasteiger partial charge in [-0.25, -0.2) is 0 Å². The third-order valence-electron chi connectivity index (χ3n) is 2.77. The Morgan fingerprint density at radius 2 is 1.58 bits per heavy atom. The van der Waals surface area contributed by atoms with Crippen LogP contribution in [0.15, 0.2) is 54.6 Å². The fraction of sp³-hybridized carbons (Fsp3) is 0.0667. The SMILES string of the molecule is O=C1Oc2ccccc2C(=O)C1[I-]c1ccccc1. The summed E-state index contributed by atoms with van der Waals surface area (Å²) in [5, 5.41) is 0. The van der Waals surface area contributed by atoms with Gasteiger partial charge in [0.05, 0.1) is 0 Å². The van der Waals surface area contributed by atoms with Crippen LogP contribution in [0.1, 0.15) is 10.4 Å². The van der Waals surface area contributed by atoms with Crippen molar-refractivity contribution in [3.05, 3.63) is 63.7 Å². The molecule has 2 aromatic rings. The first kappa shape index (κ1) is 12.3. The number of benzene rings is 2. The van der Waals surface area contributed by atoms with Crippen LogP contribution in [0.3, 0.4) is 0 Å². The zero-order valence-electron chi connectivity index (χ0n) is 9.88. The summed E-state index contributed by atoms with van der Waals surface area (Å²) in [6.45, 7) is 0. The number of ketones is 1. The van der Waals surface area contributed by atoms with Crippen LogP contribution in [-0.4, -0.2) is 15.7 Å². The van der Waals surface area contributed by atoms with Crippen molar-refractivity contribution in [1.82, 2.24) is 0 Å². The molecule has 0 amide bonds. The number of hydrogen-bond acceptors (Lipinski definition) is 3. The summed E-state index contributed by atoms with van der Waals surface area (Å²) in [6.07, 6.45) is 0. The Hall–Kier alpha value is -1.69. The van der Waals surface area contributed by atoms with E-state index in [1.165, 1.54) is 0 Å². The predicted octanol–water partition coefficient (Wildman–Crippen LogP) is -0.884. The van der Waals surface area contributed by atoms with E-state index in [0.29, 0.717) is 11.3 Å². The minimum absolute atomic E-state index is 0.108. The van der Waals surface area contributed by atoms with E-state index in [1.807, 2.05) is 30.3 Å². The molecule has 0 radical (unpaired) electrons. The number of carbonyl (C=O) groups is 2. The fourth-order valence-electron chi connectivity index (χ4n) is 1.87. The number of ether oxygens (including phenoxy) is 1. The maximum atomic E-state index is 12.4. The molecule has 1 atom stereocenters. The van der Waals surface area contributed by atoms with Gasteiger partial charge in [-0.1, -0.05) is 0 Å². The predicted molar refractivity (Wildman–Crippen MR) is 65.3 cm³/mol. The van der Waals surface area contributed by atoms with E-state index in [-0.39, 0.29) is 5.78 Å². The minimum atomic E-state index is -0.725. The van der Waals surface area contributed by atoms with Gasteiger partial charge in [0.1, 0.15) is 0 Å². The number of carbonyl (C=O) groups excluding carboxylic acids is 2. The molecule has 3 nitrogen and oxygen atoms in total. The van der Waals surface area contributed by atoms with Crippen molar-refractivity contribution in [2.75, 3.05) is 0 Å². The van der Waals surface area contributed by atoms with Gasteiger partial charge in [-0.05, 0) is 0 Å². The number of rotatable bonds is 2. The maximum absolute atomic E-state index is 12.4. The molecule has 0 saturated carbocycles. The standard InChI is InChI=1S/C15H10IO3/c17-14-11-8-4-5-9-12(11)19-15(18)13(14)16-10-6-2-1-3-7-10/h1-9,13H/q-1. The fourth-order valence-corrected chi connectivity index (χ4v) is 4.42. The van der Waals surface area contributed by atoms with Crippen LogP contribution in [0.2, 0.25) is 0 Å². The van der Waals surface area contributed by atoms with Gasteiger partial charge in [0.2, 0.25) is 0 Å². The second-order valence-electron chi connectivity index (χ2n) is 4.05. The normalized spacial score (nSPS) is 18.0. The van der Waals surface area contributed by atoms with Gasteiger partial charge in [0.15, 0.2) is 0 Å². The third kappa shape index (κ3) is 2.40. The molecule has 19 heavy (non-hydrogen) atoms. The van der Waals surface area contributed by atoms with Crippen molar-refractivity contribution < 1.29 is 35.5 Å². The summed E-state index contributed by atoms with van der Waals surface area (Å²) >= 11 is -0.725. The molecule has 0 aliphatic carbocycles. The Kier molecular flexibility index (Phi) is 3.33. The van der Waals surface area contributed by atoms with Gasteiger partial charge in [-0.2, -0.15) is 0 Å². The molecule has 0 saturated heterocycles. The Labute approximate surface area is 120 Å². The van der Waals surface area contributed by atoms with Crippen LogP contribution in [0.25, 0.3) is 0 Å². The molecule has 1 unspecified atom stereocenters. The molecule has 4 heteroatoms. The number of para-hydroxylation sites is 1. The van der Waals surface area contributed by atoms with Gasteiger partial charge in [-0.15, -0.1) is 0 Å². The molecule has 0 N–H and O–H groups in total. The Morgan fingerprint density at radius 1 is 0.895 bits per heavy atom. The zero-order chi connectivity index (χ0) is 13.2. The molecule has 1 aliphatic heterocycles. The molecule has 0 spiro atoms. The molecule has 0 fully saturated rings. The average molecular weight is 365 g/mol. The summed E-state index contributed by atoms with van der Waals surface area (Å²) in [6, 6.07) is 16.6. The van der Waals surface area contributed by atoms with Crippen molar-refractivity contribution in [2.24, 2.45) is 0 Å². The number of halogens is 1. The second kappa shape index (κ2) is 5.13. The number of alkyl halides is 1. The van der Waals surface area contributed by atoms with Crippen molar-refractivity contribution in [3.8, 4) is 5.75 Å². The summed E-state index contributed by atoms with van der Waals surface area (Å²) in [4.78, 5) is 24.3. The van der Waals surface area contributed by atoms with E-state index >= 15 is 0 Å². The van der Waals surface area contributed by atoms with E-state index in [0.717, 1.165) is 3.57 Å². The molecule has 0 aromatic heterocycles. The van der Waals surface area contributed by atoms with Gasteiger partial charge < -0.3 is 0 Å². The van der Waals surface area contributed by atoms with E-state index in [4.69, 9.17) is 4.74 Å². The van der Waals surface area contributed by atoms with Crippen LogP contribution in [0.5, 0.6) is 5.75 Å². The Morgan fingerprint density at radius 3 is 2.37 bits per heavy atom. The first-order chi connectivity index (χ1) is 9.25. The van der Waals surface area contributed by atoms with E-state index in [9.17, 15) is 9.59 Å². The number of esters is 1. The molecular formula is C15H10IO3-. The van der Waals surface area contributed by atoms with Crippen LogP contribution >= 0.6 is 0 Å². The Balaban J connectivity index is 1.92. The van der Waals surface area contributed by atoms with Gasteiger partial charge in [0.25, 0.3) is 0 Å². The van der Waals surface area contributed by atoms with Crippen LogP contribution in [-0.2, 0) is 4.79 Å². The molecule has 1 heterocycles. The van der Waals surface area contributed by atoms with Gasteiger partial charge in [0, 0.05) is 0 Å². The summed E-state index contributed by atoms with van der Waals surface area (Å²) in [5.41, 5.74) is 0.516. The molecule has 0 bridgehead atoms. The van der Waals surface area contributed by atoms with Crippen LogP contribution < -0.4 is 25.9 Å². The van der Waals surface area contributed by atoms with Gasteiger partial charge >= 0.3 is 121 Å². The van der Waals surface area contributed by atoms with Crippen LogP contribution in [0.4, 0.5) is 0 Å². The van der Waals surface area contributed by atoms with E-state index in [2.05, 4.69) is 0 Å². The molecule has 96 valence electrons. The number of hydrogen-bond donors (Lipinski definition) is 0. The first-order valence-electron chi connectivity index (χ1n) is 5.79. The van der Waals surface area contributed by atoms with Crippen molar-refractivity contribution in [3.63, 3.8) is 0 Å². The van der Waals surface area contributed by atoms with Gasteiger partial charge in [-0.3, -0.25) is 0 Å². The first-order valence-corrected chi connectivity index (χ1v) is 8.11. The average Bonchev–Trinajstić information content (AvgIpc) is 2.45. The number of fused-ring (bicyclic) bond motifs is 1. The molecule has 2 aromatic carbocycles. The van der Waals surface area contributed by atoms with Crippen molar-refractivity contribution >= 4 is 11.8 Å². The quantitative estimate of drug-likeness (QED) is 0.228. The zero-order valence-corrected chi connectivity index (χ0v) is 12.0. The summed E-state index contributed by atoms with van der Waals surface area (Å²) in [5.74, 6) is -0.144. The topological polar surface area (TPSA) is 43.4 Å². The summed E-state index contributed by atoms with van der Waals surface area (Å²) in [7, 11) is 0. The third-order valence-corrected chi connectivity index (χ3v) is 5.90. The van der Waals surface area contributed by atoms with Crippen LogP contribution in [0, 0.1) is 3.57 Å². The monoisotopic (exact) mass is 365 g/mol. The molecule has 1 aliphatic rings. The number of Topliss-reactive ketones (excluding diaryl/α,β-unsaturated/α-hetero) is 1. The Bertz CT molecular complexity index is 637. The van der Waals surface area contributed by atoms with E-state index in [1.54, 1.807) is 24.3 Å². The summed E-state index contributed by atoms with van der Waals surface area (Å²) < 4.78 is 5.69. The molecule has 3 rings (SSSR count). The van der Waals surface area contributed by atoms with Crippen molar-refractivity contribution in [2.45, 2.75) is 3.92 Å².